The van der Waals surface area contributed by atoms with Crippen molar-refractivity contribution in [1.29, 1.82) is 0 Å². The molecule has 164 valence electrons. The number of aromatic nitrogens is 4. The van der Waals surface area contributed by atoms with Gasteiger partial charge in [0.25, 0.3) is 0 Å². The van der Waals surface area contributed by atoms with Crippen LogP contribution in [0.3, 0.4) is 0 Å². The van der Waals surface area contributed by atoms with Crippen molar-refractivity contribution in [3.63, 3.8) is 0 Å². The maximum absolute atomic E-state index is 12.4. The first-order valence-electron chi connectivity index (χ1n) is 10.3. The molecule has 1 aromatic carbocycles. The molecule has 0 fully saturated rings. The lowest BCUT2D eigenvalue weighted by molar-refractivity contribution is -0.116. The van der Waals surface area contributed by atoms with Gasteiger partial charge in [0.2, 0.25) is 5.91 Å². The van der Waals surface area contributed by atoms with Gasteiger partial charge in [-0.25, -0.2) is 9.50 Å². The summed E-state index contributed by atoms with van der Waals surface area (Å²) in [6, 6.07) is 11.2. The molecule has 0 atom stereocenters. The molecule has 8 nitrogen and oxygen atoms in total. The molecule has 1 N–H and O–H groups in total. The van der Waals surface area contributed by atoms with E-state index in [4.69, 9.17) is 19.6 Å². The van der Waals surface area contributed by atoms with E-state index in [1.807, 2.05) is 48.7 Å². The molecule has 4 aromatic rings. The standard InChI is InChI=1S/C24H25N5O3/c1-15-19(9-10-24(30)27-17-6-5-11-25-14-17)16(2)29-23(26-15)13-21(28-29)20-8-7-18(31-3)12-22(20)32-4/h5-8,11-14H,9-10H2,1-4H3,(H,27,30). The number of hydrogen-bond acceptors (Lipinski definition) is 6. The van der Waals surface area contributed by atoms with E-state index in [0.29, 0.717) is 30.0 Å². The number of benzene rings is 1. The van der Waals surface area contributed by atoms with Crippen LogP contribution in [0.15, 0.2) is 48.8 Å². The van der Waals surface area contributed by atoms with Crippen LogP contribution in [-0.2, 0) is 11.2 Å². The molecule has 0 unspecified atom stereocenters. The number of nitrogens with one attached hydrogen (secondary N) is 1. The highest BCUT2D eigenvalue weighted by Gasteiger charge is 2.16. The summed E-state index contributed by atoms with van der Waals surface area (Å²) in [6.45, 7) is 3.96. The number of methoxy groups -OCH3 is 2. The maximum atomic E-state index is 12.4. The van der Waals surface area contributed by atoms with Gasteiger partial charge in [0.05, 0.1) is 31.8 Å². The number of fused-ring (bicyclic) bond motifs is 1. The van der Waals surface area contributed by atoms with Crippen molar-refractivity contribution in [2.75, 3.05) is 19.5 Å². The van der Waals surface area contributed by atoms with Gasteiger partial charge in [0, 0.05) is 41.7 Å². The van der Waals surface area contributed by atoms with E-state index in [2.05, 4.69) is 10.3 Å². The van der Waals surface area contributed by atoms with Gasteiger partial charge in [-0.2, -0.15) is 5.10 Å². The van der Waals surface area contributed by atoms with Crippen molar-refractivity contribution in [2.45, 2.75) is 26.7 Å². The molecule has 0 radical (unpaired) electrons. The average Bonchev–Trinajstić information content (AvgIpc) is 3.23. The van der Waals surface area contributed by atoms with Crippen molar-refractivity contribution in [3.05, 3.63) is 65.7 Å². The number of aryl methyl sites for hydroxylation is 2. The number of nitrogens with zero attached hydrogens (tertiary/aromatic N) is 4. The van der Waals surface area contributed by atoms with Crippen molar-refractivity contribution in [1.82, 2.24) is 19.6 Å². The van der Waals surface area contributed by atoms with Gasteiger partial charge in [0.1, 0.15) is 11.5 Å². The summed E-state index contributed by atoms with van der Waals surface area (Å²) in [5, 5.41) is 7.64. The van der Waals surface area contributed by atoms with Crippen molar-refractivity contribution in [2.24, 2.45) is 0 Å². The van der Waals surface area contributed by atoms with Crippen LogP contribution >= 0.6 is 0 Å². The predicted molar refractivity (Wildman–Crippen MR) is 122 cm³/mol. The third-order valence-corrected chi connectivity index (χ3v) is 5.40. The second kappa shape index (κ2) is 9.05. The fourth-order valence-electron chi connectivity index (χ4n) is 3.73. The third-order valence-electron chi connectivity index (χ3n) is 5.40. The van der Waals surface area contributed by atoms with Crippen molar-refractivity contribution >= 4 is 17.2 Å². The Kier molecular flexibility index (Phi) is 6.02. The molecular weight excluding hydrogens is 406 g/mol. The first-order valence-corrected chi connectivity index (χ1v) is 10.3. The summed E-state index contributed by atoms with van der Waals surface area (Å²) in [5.41, 5.74) is 5.90. The van der Waals surface area contributed by atoms with E-state index in [0.717, 1.165) is 33.9 Å². The summed E-state index contributed by atoms with van der Waals surface area (Å²) >= 11 is 0. The van der Waals surface area contributed by atoms with E-state index in [1.54, 1.807) is 32.7 Å². The Hall–Kier alpha value is -3.94. The second-order valence-corrected chi connectivity index (χ2v) is 7.42. The Labute approximate surface area is 186 Å². The first-order chi connectivity index (χ1) is 15.5. The Morgan fingerprint density at radius 3 is 2.69 bits per heavy atom. The zero-order chi connectivity index (χ0) is 22.7. The molecule has 0 spiro atoms. The number of amides is 1. The maximum Gasteiger partial charge on any atom is 0.224 e. The quantitative estimate of drug-likeness (QED) is 0.476. The molecule has 0 aliphatic carbocycles. The number of ether oxygens (including phenoxy) is 2. The zero-order valence-electron chi connectivity index (χ0n) is 18.5. The van der Waals surface area contributed by atoms with E-state index in [-0.39, 0.29) is 5.91 Å². The number of pyridine rings is 1. The van der Waals surface area contributed by atoms with Gasteiger partial charge in [-0.1, -0.05) is 0 Å². The highest BCUT2D eigenvalue weighted by atomic mass is 16.5. The van der Waals surface area contributed by atoms with Crippen molar-refractivity contribution < 1.29 is 14.3 Å². The lowest BCUT2D eigenvalue weighted by Gasteiger charge is -2.11. The van der Waals surface area contributed by atoms with Gasteiger partial charge >= 0.3 is 0 Å². The summed E-state index contributed by atoms with van der Waals surface area (Å²) in [7, 11) is 3.24. The fraction of sp³-hybridized carbons (Fsp3) is 0.250. The van der Waals surface area contributed by atoms with Crippen molar-refractivity contribution in [3.8, 4) is 22.8 Å². The van der Waals surface area contributed by atoms with Gasteiger partial charge < -0.3 is 14.8 Å². The average molecular weight is 431 g/mol. The summed E-state index contributed by atoms with van der Waals surface area (Å²) in [6.07, 6.45) is 4.20. The minimum Gasteiger partial charge on any atom is -0.497 e. The van der Waals surface area contributed by atoms with Crippen LogP contribution < -0.4 is 14.8 Å². The molecule has 0 aliphatic heterocycles. The van der Waals surface area contributed by atoms with Crippen LogP contribution in [0.25, 0.3) is 16.9 Å². The number of anilines is 1. The zero-order valence-corrected chi connectivity index (χ0v) is 18.5. The van der Waals surface area contributed by atoms with E-state index < -0.39 is 0 Å². The van der Waals surface area contributed by atoms with Gasteiger partial charge in [-0.15, -0.1) is 0 Å². The summed E-state index contributed by atoms with van der Waals surface area (Å²) in [4.78, 5) is 21.1. The molecule has 0 bridgehead atoms. The summed E-state index contributed by atoms with van der Waals surface area (Å²) < 4.78 is 12.6. The number of rotatable bonds is 7. The number of carbonyl (C=O) groups excluding carboxylic acids is 1. The molecule has 0 saturated carbocycles. The normalized spacial score (nSPS) is 10.9. The third kappa shape index (κ3) is 4.25. The van der Waals surface area contributed by atoms with E-state index in [9.17, 15) is 4.79 Å². The monoisotopic (exact) mass is 431 g/mol. The number of hydrogen-bond donors (Lipinski definition) is 1. The smallest absolute Gasteiger partial charge is 0.224 e. The van der Waals surface area contributed by atoms with Gasteiger partial charge in [-0.3, -0.25) is 9.78 Å². The predicted octanol–water partition coefficient (Wildman–Crippen LogP) is 4.00. The topological polar surface area (TPSA) is 90.6 Å². The second-order valence-electron chi connectivity index (χ2n) is 7.42. The van der Waals surface area contributed by atoms with Crippen LogP contribution in [0.1, 0.15) is 23.4 Å². The van der Waals surface area contributed by atoms with Crippen LogP contribution in [0.4, 0.5) is 5.69 Å². The molecule has 0 saturated heterocycles. The molecule has 32 heavy (non-hydrogen) atoms. The molecule has 3 heterocycles. The Bertz CT molecular complexity index is 1270. The number of carbonyl (C=O) groups is 1. The highest BCUT2D eigenvalue weighted by Crippen LogP contribution is 2.33. The molecule has 1 amide bonds. The largest absolute Gasteiger partial charge is 0.497 e. The lowest BCUT2D eigenvalue weighted by Crippen LogP contribution is -2.14. The molecule has 3 aromatic heterocycles. The van der Waals surface area contributed by atoms with Crippen LogP contribution in [0.2, 0.25) is 0 Å². The molecule has 8 heteroatoms. The minimum absolute atomic E-state index is 0.0685. The lowest BCUT2D eigenvalue weighted by atomic mass is 10.1. The Morgan fingerprint density at radius 2 is 1.97 bits per heavy atom. The molecule has 0 aliphatic rings. The fourth-order valence-corrected chi connectivity index (χ4v) is 3.73. The van der Waals surface area contributed by atoms with E-state index in [1.165, 1.54) is 0 Å². The molecule has 4 rings (SSSR count). The Balaban J connectivity index is 1.60. The van der Waals surface area contributed by atoms with Crippen LogP contribution in [-0.4, -0.2) is 39.7 Å². The summed E-state index contributed by atoms with van der Waals surface area (Å²) in [5.74, 6) is 1.32. The Morgan fingerprint density at radius 1 is 1.12 bits per heavy atom. The van der Waals surface area contributed by atoms with Gasteiger partial charge in [-0.05, 0) is 50.1 Å². The van der Waals surface area contributed by atoms with E-state index >= 15 is 0 Å². The minimum atomic E-state index is -0.0685. The molecular formula is C24H25N5O3. The van der Waals surface area contributed by atoms with Gasteiger partial charge in [0.15, 0.2) is 5.65 Å². The highest BCUT2D eigenvalue weighted by molar-refractivity contribution is 5.90. The SMILES string of the molecule is COc1ccc(-c2cc3nc(C)c(CCC(=O)Nc4cccnc4)c(C)n3n2)c(OC)c1. The first kappa shape index (κ1) is 21.3. The van der Waals surface area contributed by atoms with Crippen LogP contribution in [0.5, 0.6) is 11.5 Å². The van der Waals surface area contributed by atoms with Crippen LogP contribution in [0, 0.1) is 13.8 Å².